The number of pyridine rings is 1. The Hall–Kier alpha value is -2.33. The second kappa shape index (κ2) is 5.58. The summed E-state index contributed by atoms with van der Waals surface area (Å²) in [5, 5.41) is 0. The summed E-state index contributed by atoms with van der Waals surface area (Å²) in [7, 11) is 1.67. The summed E-state index contributed by atoms with van der Waals surface area (Å²) in [4.78, 5) is 4.73. The van der Waals surface area contributed by atoms with E-state index in [1.165, 1.54) is 11.1 Å². The zero-order valence-electron chi connectivity index (χ0n) is 12.3. The predicted molar refractivity (Wildman–Crippen MR) is 83.6 cm³/mol. The highest BCUT2D eigenvalue weighted by atomic mass is 16.5. The molecule has 0 unspecified atom stereocenters. The molecule has 108 valence electrons. The highest BCUT2D eigenvalue weighted by Crippen LogP contribution is 2.19. The first kappa shape index (κ1) is 13.6. The Kier molecular flexibility index (Phi) is 3.62. The number of fused-ring (bicyclic) bond motifs is 1. The van der Waals surface area contributed by atoms with Crippen molar-refractivity contribution in [2.45, 2.75) is 19.9 Å². The van der Waals surface area contributed by atoms with Crippen LogP contribution in [0.25, 0.3) is 5.65 Å². The normalized spacial score (nSPS) is 11.0. The zero-order valence-corrected chi connectivity index (χ0v) is 12.3. The molecule has 2 aromatic heterocycles. The van der Waals surface area contributed by atoms with E-state index < -0.39 is 0 Å². The molecule has 0 saturated heterocycles. The smallest absolute Gasteiger partial charge is 0.137 e. The fourth-order valence-corrected chi connectivity index (χ4v) is 2.54. The molecule has 0 radical (unpaired) electrons. The van der Waals surface area contributed by atoms with Crippen LogP contribution in [-0.4, -0.2) is 16.5 Å². The van der Waals surface area contributed by atoms with E-state index in [2.05, 4.69) is 35.6 Å². The number of rotatable bonds is 4. The standard InChI is InChI=1S/C17H19N3O/c1-12-7-8-20-16(11-18)15(19-17(20)9-12)10-13-3-5-14(21-2)6-4-13/h3-9H,10-11,18H2,1-2H3. The zero-order chi connectivity index (χ0) is 14.8. The third kappa shape index (κ3) is 2.62. The summed E-state index contributed by atoms with van der Waals surface area (Å²) < 4.78 is 7.26. The number of methoxy groups -OCH3 is 1. The molecule has 1 aromatic carbocycles. The third-order valence-corrected chi connectivity index (χ3v) is 3.69. The Morgan fingerprint density at radius 2 is 1.95 bits per heavy atom. The molecule has 21 heavy (non-hydrogen) atoms. The lowest BCUT2D eigenvalue weighted by Gasteiger charge is -2.04. The van der Waals surface area contributed by atoms with Gasteiger partial charge in [0.15, 0.2) is 0 Å². The lowest BCUT2D eigenvalue weighted by atomic mass is 10.1. The topological polar surface area (TPSA) is 52.5 Å². The first-order valence-electron chi connectivity index (χ1n) is 7.00. The molecule has 0 amide bonds. The van der Waals surface area contributed by atoms with Crippen LogP contribution in [0.2, 0.25) is 0 Å². The van der Waals surface area contributed by atoms with Crippen molar-refractivity contribution in [3.05, 3.63) is 65.1 Å². The van der Waals surface area contributed by atoms with Gasteiger partial charge >= 0.3 is 0 Å². The second-order valence-electron chi connectivity index (χ2n) is 5.17. The maximum absolute atomic E-state index is 5.92. The minimum absolute atomic E-state index is 0.482. The fraction of sp³-hybridized carbons (Fsp3) is 0.235. The van der Waals surface area contributed by atoms with Crippen LogP contribution in [0.1, 0.15) is 22.5 Å². The summed E-state index contributed by atoms with van der Waals surface area (Å²) in [6.07, 6.45) is 2.81. The van der Waals surface area contributed by atoms with E-state index in [0.29, 0.717) is 6.54 Å². The second-order valence-corrected chi connectivity index (χ2v) is 5.17. The van der Waals surface area contributed by atoms with Crippen molar-refractivity contribution in [3.63, 3.8) is 0 Å². The molecule has 0 fully saturated rings. The van der Waals surface area contributed by atoms with Crippen LogP contribution in [0.4, 0.5) is 0 Å². The van der Waals surface area contributed by atoms with E-state index >= 15 is 0 Å². The van der Waals surface area contributed by atoms with Gasteiger partial charge in [0.05, 0.1) is 18.5 Å². The van der Waals surface area contributed by atoms with Crippen molar-refractivity contribution in [2.75, 3.05) is 7.11 Å². The Morgan fingerprint density at radius 3 is 2.62 bits per heavy atom. The molecule has 0 aliphatic carbocycles. The van der Waals surface area contributed by atoms with Gasteiger partial charge < -0.3 is 14.9 Å². The Labute approximate surface area is 124 Å². The van der Waals surface area contributed by atoms with E-state index in [-0.39, 0.29) is 0 Å². The number of imidazole rings is 1. The number of aromatic nitrogens is 2. The number of aryl methyl sites for hydroxylation is 1. The maximum atomic E-state index is 5.92. The average Bonchev–Trinajstić information content (AvgIpc) is 2.84. The SMILES string of the molecule is COc1ccc(Cc2nc3cc(C)ccn3c2CN)cc1. The summed E-state index contributed by atoms with van der Waals surface area (Å²) in [6, 6.07) is 12.2. The Bertz CT molecular complexity index is 760. The first-order chi connectivity index (χ1) is 10.2. The molecule has 4 heteroatoms. The molecule has 0 aliphatic rings. The Morgan fingerprint density at radius 1 is 1.19 bits per heavy atom. The van der Waals surface area contributed by atoms with Crippen LogP contribution in [0.15, 0.2) is 42.6 Å². The highest BCUT2D eigenvalue weighted by Gasteiger charge is 2.11. The molecule has 0 atom stereocenters. The van der Waals surface area contributed by atoms with E-state index in [9.17, 15) is 0 Å². The van der Waals surface area contributed by atoms with Crippen molar-refractivity contribution < 1.29 is 4.74 Å². The molecule has 4 nitrogen and oxygen atoms in total. The van der Waals surface area contributed by atoms with Crippen molar-refractivity contribution in [1.82, 2.24) is 9.38 Å². The van der Waals surface area contributed by atoms with Gasteiger partial charge in [0.1, 0.15) is 11.4 Å². The van der Waals surface area contributed by atoms with Gasteiger partial charge in [-0.25, -0.2) is 4.98 Å². The number of nitrogens with two attached hydrogens (primary N) is 1. The molecular weight excluding hydrogens is 262 g/mol. The largest absolute Gasteiger partial charge is 0.497 e. The lowest BCUT2D eigenvalue weighted by molar-refractivity contribution is 0.414. The van der Waals surface area contributed by atoms with Gasteiger partial charge in [-0.05, 0) is 42.3 Å². The molecule has 0 aliphatic heterocycles. The molecular formula is C17H19N3O. The van der Waals surface area contributed by atoms with Gasteiger partial charge in [-0.15, -0.1) is 0 Å². The number of ether oxygens (including phenoxy) is 1. The molecule has 0 spiro atoms. The van der Waals surface area contributed by atoms with Crippen molar-refractivity contribution in [2.24, 2.45) is 5.73 Å². The third-order valence-electron chi connectivity index (χ3n) is 3.69. The maximum Gasteiger partial charge on any atom is 0.137 e. The summed E-state index contributed by atoms with van der Waals surface area (Å²) in [6.45, 7) is 2.55. The minimum Gasteiger partial charge on any atom is -0.497 e. The van der Waals surface area contributed by atoms with Crippen LogP contribution < -0.4 is 10.5 Å². The highest BCUT2D eigenvalue weighted by molar-refractivity contribution is 5.46. The van der Waals surface area contributed by atoms with Gasteiger partial charge in [-0.3, -0.25) is 0 Å². The van der Waals surface area contributed by atoms with Crippen LogP contribution in [0.3, 0.4) is 0 Å². The minimum atomic E-state index is 0.482. The number of nitrogens with zero attached hydrogens (tertiary/aromatic N) is 2. The van der Waals surface area contributed by atoms with Gasteiger partial charge in [-0.2, -0.15) is 0 Å². The van der Waals surface area contributed by atoms with Gasteiger partial charge in [-0.1, -0.05) is 12.1 Å². The number of benzene rings is 1. The number of hydrogen-bond donors (Lipinski definition) is 1. The van der Waals surface area contributed by atoms with Crippen molar-refractivity contribution in [1.29, 1.82) is 0 Å². The first-order valence-corrected chi connectivity index (χ1v) is 7.00. The summed E-state index contributed by atoms with van der Waals surface area (Å²) in [5.74, 6) is 0.864. The summed E-state index contributed by atoms with van der Waals surface area (Å²) in [5.41, 5.74) is 11.4. The fourth-order valence-electron chi connectivity index (χ4n) is 2.54. The van der Waals surface area contributed by atoms with Crippen LogP contribution >= 0.6 is 0 Å². The van der Waals surface area contributed by atoms with E-state index in [0.717, 1.165) is 29.2 Å². The number of hydrogen-bond acceptors (Lipinski definition) is 3. The Balaban J connectivity index is 1.98. The molecule has 2 N–H and O–H groups in total. The molecule has 0 bridgehead atoms. The van der Waals surface area contributed by atoms with Crippen molar-refractivity contribution >= 4 is 5.65 Å². The molecule has 2 heterocycles. The van der Waals surface area contributed by atoms with Crippen LogP contribution in [0.5, 0.6) is 5.75 Å². The van der Waals surface area contributed by atoms with Gasteiger partial charge in [0, 0.05) is 19.2 Å². The molecule has 0 saturated carbocycles. The summed E-state index contributed by atoms with van der Waals surface area (Å²) >= 11 is 0. The quantitative estimate of drug-likeness (QED) is 0.800. The average molecular weight is 281 g/mol. The monoisotopic (exact) mass is 281 g/mol. The predicted octanol–water partition coefficient (Wildman–Crippen LogP) is 2.70. The van der Waals surface area contributed by atoms with Crippen LogP contribution in [0, 0.1) is 6.92 Å². The van der Waals surface area contributed by atoms with E-state index in [1.54, 1.807) is 7.11 Å². The van der Waals surface area contributed by atoms with E-state index in [4.69, 9.17) is 15.5 Å². The van der Waals surface area contributed by atoms with Crippen molar-refractivity contribution in [3.8, 4) is 5.75 Å². The lowest BCUT2D eigenvalue weighted by Crippen LogP contribution is -2.04. The molecule has 3 rings (SSSR count). The van der Waals surface area contributed by atoms with Gasteiger partial charge in [0.2, 0.25) is 0 Å². The molecule has 3 aromatic rings. The van der Waals surface area contributed by atoms with E-state index in [1.807, 2.05) is 18.3 Å². The van der Waals surface area contributed by atoms with Gasteiger partial charge in [0.25, 0.3) is 0 Å². The van der Waals surface area contributed by atoms with Crippen LogP contribution in [-0.2, 0) is 13.0 Å².